The minimum Gasteiger partial charge on any atom is -0.393 e. The second kappa shape index (κ2) is 5.92. The Morgan fingerprint density at radius 2 is 2.24 bits per heavy atom. The number of rotatable bonds is 6. The molecule has 12 heteroatoms. The van der Waals surface area contributed by atoms with Gasteiger partial charge in [-0.25, -0.2) is 4.98 Å². The number of aliphatic hydroxyl groups excluding tert-OH is 1. The van der Waals surface area contributed by atoms with Crippen LogP contribution in [0.4, 0.5) is 5.95 Å². The third kappa shape index (κ3) is 3.46. The molecule has 1 unspecified atom stereocenters. The van der Waals surface area contributed by atoms with Crippen LogP contribution in [-0.2, 0) is 15.8 Å². The van der Waals surface area contributed by atoms with Crippen LogP contribution in [0.25, 0.3) is 11.2 Å². The Bertz CT molecular complexity index is 736. The van der Waals surface area contributed by atoms with Crippen molar-refractivity contribution in [3.05, 3.63) is 16.7 Å². The van der Waals surface area contributed by atoms with Gasteiger partial charge < -0.3 is 29.9 Å². The van der Waals surface area contributed by atoms with Crippen LogP contribution in [0.2, 0.25) is 0 Å². The predicted octanol–water partition coefficient (Wildman–Crippen LogP) is -1.79. The van der Waals surface area contributed by atoms with E-state index in [2.05, 4.69) is 15.0 Å². The van der Waals surface area contributed by atoms with Gasteiger partial charge in [-0.1, -0.05) is 0 Å². The molecule has 1 atom stereocenters. The monoisotopic (exact) mass is 319 g/mol. The maximum atomic E-state index is 11.6. The molecule has 116 valence electrons. The van der Waals surface area contributed by atoms with Gasteiger partial charge in [-0.3, -0.25) is 14.3 Å². The summed E-state index contributed by atoms with van der Waals surface area (Å²) < 4.78 is 17.4. The average molecular weight is 319 g/mol. The Labute approximate surface area is 117 Å². The third-order valence-electron chi connectivity index (χ3n) is 2.67. The van der Waals surface area contributed by atoms with Crippen molar-refractivity contribution < 1.29 is 24.2 Å². The molecular formula is C9H14N5O6P. The highest BCUT2D eigenvalue weighted by molar-refractivity contribution is 7.52. The summed E-state index contributed by atoms with van der Waals surface area (Å²) in [5.41, 5.74) is 5.28. The van der Waals surface area contributed by atoms with Crippen molar-refractivity contribution in [3.63, 3.8) is 0 Å². The van der Waals surface area contributed by atoms with Gasteiger partial charge in [0.25, 0.3) is 5.56 Å². The van der Waals surface area contributed by atoms with Crippen LogP contribution in [-0.4, -0.2) is 53.5 Å². The Morgan fingerprint density at radius 3 is 2.86 bits per heavy atom. The van der Waals surface area contributed by atoms with Crippen LogP contribution in [0.1, 0.15) is 0 Å². The lowest BCUT2D eigenvalue weighted by atomic mass is 10.5. The maximum Gasteiger partial charge on any atom is 0.356 e. The SMILES string of the molecule is Nc1nc2c(ncn2CCOC(CO)P(=O)(O)O)c(=O)[nH]1. The van der Waals surface area contributed by atoms with Crippen molar-refractivity contribution in [2.75, 3.05) is 18.9 Å². The topological polar surface area (TPSA) is 177 Å². The highest BCUT2D eigenvalue weighted by Gasteiger charge is 2.28. The molecule has 6 N–H and O–H groups in total. The molecule has 2 aromatic rings. The lowest BCUT2D eigenvalue weighted by Gasteiger charge is -2.16. The minimum absolute atomic E-state index is 0.0707. The van der Waals surface area contributed by atoms with E-state index in [1.165, 1.54) is 10.9 Å². The molecule has 0 aliphatic rings. The van der Waals surface area contributed by atoms with Crippen molar-refractivity contribution in [1.82, 2.24) is 19.5 Å². The first kappa shape index (κ1) is 15.6. The number of ether oxygens (including phenoxy) is 1. The number of aliphatic hydroxyl groups is 1. The molecule has 21 heavy (non-hydrogen) atoms. The highest BCUT2D eigenvalue weighted by Crippen LogP contribution is 2.41. The smallest absolute Gasteiger partial charge is 0.356 e. The van der Waals surface area contributed by atoms with Crippen molar-refractivity contribution in [1.29, 1.82) is 0 Å². The minimum atomic E-state index is -4.53. The summed E-state index contributed by atoms with van der Waals surface area (Å²) in [6.07, 6.45) is 1.33. The van der Waals surface area contributed by atoms with Crippen molar-refractivity contribution in [2.24, 2.45) is 0 Å². The maximum absolute atomic E-state index is 11.6. The number of hydrogen-bond donors (Lipinski definition) is 5. The summed E-state index contributed by atoms with van der Waals surface area (Å²) >= 11 is 0. The predicted molar refractivity (Wildman–Crippen MR) is 71.4 cm³/mol. The Kier molecular flexibility index (Phi) is 4.40. The van der Waals surface area contributed by atoms with Crippen LogP contribution < -0.4 is 11.3 Å². The van der Waals surface area contributed by atoms with E-state index in [1.807, 2.05) is 0 Å². The summed E-state index contributed by atoms with van der Waals surface area (Å²) in [5.74, 6) is -1.66. The lowest BCUT2D eigenvalue weighted by molar-refractivity contribution is 0.0422. The summed E-state index contributed by atoms with van der Waals surface area (Å²) in [6, 6.07) is 0. The molecule has 2 heterocycles. The van der Waals surface area contributed by atoms with Gasteiger partial charge in [0.1, 0.15) is 0 Å². The molecule has 2 rings (SSSR count). The van der Waals surface area contributed by atoms with E-state index in [0.717, 1.165) is 0 Å². The number of imidazole rings is 1. The molecule has 0 saturated heterocycles. The van der Waals surface area contributed by atoms with Gasteiger partial charge in [-0.2, -0.15) is 4.98 Å². The zero-order chi connectivity index (χ0) is 15.6. The standard InChI is InChI=1S/C9H14N5O6P/c10-9-12-7-6(8(16)13-9)11-4-14(7)1-2-20-5(3-15)21(17,18)19/h4-5,15H,1-3H2,(H2,17,18,19)(H3,10,12,13,16). The molecule has 0 bridgehead atoms. The number of hydrogen-bond acceptors (Lipinski definition) is 7. The fourth-order valence-corrected chi connectivity index (χ4v) is 2.19. The van der Waals surface area contributed by atoms with E-state index in [4.69, 9.17) is 25.4 Å². The number of fused-ring (bicyclic) bond motifs is 1. The largest absolute Gasteiger partial charge is 0.393 e. The normalized spacial score (nSPS) is 13.7. The van der Waals surface area contributed by atoms with Crippen molar-refractivity contribution >= 4 is 24.7 Å². The molecule has 0 aliphatic carbocycles. The van der Waals surface area contributed by atoms with E-state index in [-0.39, 0.29) is 30.3 Å². The van der Waals surface area contributed by atoms with Gasteiger partial charge in [0.2, 0.25) is 5.95 Å². The number of nitrogens with one attached hydrogen (secondary N) is 1. The molecule has 0 radical (unpaired) electrons. The fourth-order valence-electron chi connectivity index (χ4n) is 1.68. The second-order valence-electron chi connectivity index (χ2n) is 4.16. The molecule has 0 saturated carbocycles. The molecule has 0 aromatic carbocycles. The third-order valence-corrected chi connectivity index (χ3v) is 3.73. The van der Waals surface area contributed by atoms with E-state index < -0.39 is 25.6 Å². The number of aromatic nitrogens is 4. The van der Waals surface area contributed by atoms with Crippen LogP contribution in [0.5, 0.6) is 0 Å². The summed E-state index contributed by atoms with van der Waals surface area (Å²) in [6.45, 7) is -0.793. The fraction of sp³-hybridized carbons (Fsp3) is 0.444. The summed E-state index contributed by atoms with van der Waals surface area (Å²) in [7, 11) is -4.53. The summed E-state index contributed by atoms with van der Waals surface area (Å²) in [5, 5.41) is 8.85. The quantitative estimate of drug-likeness (QED) is 0.385. The lowest BCUT2D eigenvalue weighted by Crippen LogP contribution is -2.20. The Morgan fingerprint density at radius 1 is 1.52 bits per heavy atom. The van der Waals surface area contributed by atoms with Gasteiger partial charge >= 0.3 is 7.60 Å². The Hall–Kier alpha value is -1.78. The van der Waals surface area contributed by atoms with Gasteiger partial charge in [-0.15, -0.1) is 0 Å². The van der Waals surface area contributed by atoms with Gasteiger partial charge in [-0.05, 0) is 0 Å². The molecule has 0 aliphatic heterocycles. The van der Waals surface area contributed by atoms with Gasteiger partial charge in [0, 0.05) is 6.54 Å². The molecular weight excluding hydrogens is 305 g/mol. The zero-order valence-electron chi connectivity index (χ0n) is 10.7. The number of anilines is 1. The number of aromatic amines is 1. The summed E-state index contributed by atoms with van der Waals surface area (Å²) in [4.78, 5) is 39.5. The molecule has 0 fully saturated rings. The van der Waals surface area contributed by atoms with Crippen LogP contribution in [0, 0.1) is 0 Å². The van der Waals surface area contributed by atoms with Crippen LogP contribution in [0.3, 0.4) is 0 Å². The molecule has 0 spiro atoms. The van der Waals surface area contributed by atoms with Crippen LogP contribution >= 0.6 is 7.60 Å². The number of H-pyrrole nitrogens is 1. The van der Waals surface area contributed by atoms with Crippen molar-refractivity contribution in [3.8, 4) is 0 Å². The van der Waals surface area contributed by atoms with E-state index in [9.17, 15) is 9.36 Å². The average Bonchev–Trinajstić information content (AvgIpc) is 2.76. The first-order valence-electron chi connectivity index (χ1n) is 5.81. The number of nitrogen functional groups attached to an aromatic ring is 1. The van der Waals surface area contributed by atoms with Crippen molar-refractivity contribution in [2.45, 2.75) is 12.4 Å². The van der Waals surface area contributed by atoms with Gasteiger partial charge in [0.05, 0.1) is 19.5 Å². The van der Waals surface area contributed by atoms with Gasteiger partial charge in [0.15, 0.2) is 17.0 Å². The molecule has 11 nitrogen and oxygen atoms in total. The first-order valence-corrected chi connectivity index (χ1v) is 7.49. The van der Waals surface area contributed by atoms with Crippen LogP contribution in [0.15, 0.2) is 11.1 Å². The molecule has 0 amide bonds. The van der Waals surface area contributed by atoms with E-state index in [1.54, 1.807) is 0 Å². The first-order chi connectivity index (χ1) is 9.82. The Balaban J connectivity index is 2.11. The number of nitrogens with zero attached hydrogens (tertiary/aromatic N) is 3. The van der Waals surface area contributed by atoms with E-state index in [0.29, 0.717) is 0 Å². The highest BCUT2D eigenvalue weighted by atomic mass is 31.2. The number of nitrogens with two attached hydrogens (primary N) is 1. The second-order valence-corrected chi connectivity index (χ2v) is 5.91. The van der Waals surface area contributed by atoms with E-state index >= 15 is 0 Å². The molecule has 2 aromatic heterocycles. The zero-order valence-corrected chi connectivity index (χ0v) is 11.6.